The van der Waals surface area contributed by atoms with Gasteiger partial charge in [0.1, 0.15) is 0 Å². The van der Waals surface area contributed by atoms with Crippen LogP contribution in [0.25, 0.3) is 0 Å². The van der Waals surface area contributed by atoms with Crippen LogP contribution in [0.5, 0.6) is 0 Å². The van der Waals surface area contributed by atoms with E-state index in [1.165, 1.54) is 18.2 Å². The van der Waals surface area contributed by atoms with E-state index < -0.39 is 21.6 Å². The Morgan fingerprint density at radius 3 is 2.23 bits per heavy atom. The van der Waals surface area contributed by atoms with Crippen LogP contribution in [0.15, 0.2) is 48.5 Å². The zero-order chi connectivity index (χ0) is 19.3. The van der Waals surface area contributed by atoms with Gasteiger partial charge < -0.3 is 10.6 Å². The number of carbonyl (C=O) groups excluding carboxylic acids is 2. The molecular weight excluding hydrogens is 441 g/mol. The van der Waals surface area contributed by atoms with Crippen molar-refractivity contribution in [2.24, 2.45) is 0 Å². The molecule has 138 valence electrons. The molecule has 0 fully saturated rings. The van der Waals surface area contributed by atoms with Gasteiger partial charge in [-0.25, -0.2) is 4.79 Å². The lowest BCUT2D eigenvalue weighted by Gasteiger charge is -2.25. The number of Topliss-reactive ketones (excluding diaryl/α,β-unsaturated/α-hetero) is 1. The van der Waals surface area contributed by atoms with Gasteiger partial charge in [0.25, 0.3) is 0 Å². The molecule has 9 heteroatoms. The van der Waals surface area contributed by atoms with Crippen LogP contribution in [0, 0.1) is 0 Å². The van der Waals surface area contributed by atoms with Gasteiger partial charge in [-0.2, -0.15) is 0 Å². The fraction of sp³-hybridized carbons (Fsp3) is 0.176. The standard InChI is InChI=1S/C17H13Cl5N2O2/c18-10-6-7-12(13(19)8-10)14(25)9-15(17(20,21)22)24-16(26)23-11-4-2-1-3-5-11/h1-8,15H,9H2,(H2,23,24,26)/t15-/m1/s1. The Labute approximate surface area is 175 Å². The first-order chi connectivity index (χ1) is 12.2. The molecule has 0 unspecified atom stereocenters. The van der Waals surface area contributed by atoms with Gasteiger partial charge in [0.2, 0.25) is 3.79 Å². The van der Waals surface area contributed by atoms with E-state index in [-0.39, 0.29) is 17.0 Å². The van der Waals surface area contributed by atoms with Gasteiger partial charge in [-0.3, -0.25) is 4.79 Å². The molecule has 2 rings (SSSR count). The fourth-order valence-electron chi connectivity index (χ4n) is 2.11. The number of amides is 2. The number of para-hydroxylation sites is 1. The van der Waals surface area contributed by atoms with Crippen LogP contribution in [-0.2, 0) is 0 Å². The molecule has 4 nitrogen and oxygen atoms in total. The molecule has 1 atom stereocenters. The molecule has 0 radical (unpaired) electrons. The van der Waals surface area contributed by atoms with Gasteiger partial charge in [-0.1, -0.05) is 76.2 Å². The highest BCUT2D eigenvalue weighted by atomic mass is 35.6. The second kappa shape index (κ2) is 9.16. The van der Waals surface area contributed by atoms with Crippen LogP contribution in [0.4, 0.5) is 10.5 Å². The number of rotatable bonds is 5. The zero-order valence-corrected chi connectivity index (χ0v) is 16.9. The summed E-state index contributed by atoms with van der Waals surface area (Å²) in [7, 11) is 0. The summed E-state index contributed by atoms with van der Waals surface area (Å²) in [6.45, 7) is 0. The van der Waals surface area contributed by atoms with E-state index in [1.807, 2.05) is 6.07 Å². The van der Waals surface area contributed by atoms with Crippen molar-refractivity contribution in [2.75, 3.05) is 5.32 Å². The minimum Gasteiger partial charge on any atom is -0.330 e. The van der Waals surface area contributed by atoms with Crippen molar-refractivity contribution in [1.82, 2.24) is 5.32 Å². The van der Waals surface area contributed by atoms with Crippen molar-refractivity contribution in [1.29, 1.82) is 0 Å². The quantitative estimate of drug-likeness (QED) is 0.422. The predicted octanol–water partition coefficient (Wildman–Crippen LogP) is 6.13. The summed E-state index contributed by atoms with van der Waals surface area (Å²) >= 11 is 29.6. The Morgan fingerprint density at radius 1 is 1.00 bits per heavy atom. The molecule has 0 aliphatic carbocycles. The molecule has 2 amide bonds. The van der Waals surface area contributed by atoms with E-state index in [4.69, 9.17) is 58.0 Å². The number of halogens is 5. The molecule has 2 aromatic carbocycles. The zero-order valence-electron chi connectivity index (χ0n) is 13.1. The van der Waals surface area contributed by atoms with Gasteiger partial charge >= 0.3 is 6.03 Å². The molecule has 0 saturated carbocycles. The first-order valence-corrected chi connectivity index (χ1v) is 9.23. The molecule has 0 spiro atoms. The number of hydrogen-bond donors (Lipinski definition) is 2. The monoisotopic (exact) mass is 452 g/mol. The number of nitrogens with one attached hydrogen (secondary N) is 2. The Kier molecular flexibility index (Phi) is 7.44. The summed E-state index contributed by atoms with van der Waals surface area (Å²) in [5, 5.41) is 5.67. The second-order valence-electron chi connectivity index (χ2n) is 5.31. The Morgan fingerprint density at radius 2 is 1.65 bits per heavy atom. The highest BCUT2D eigenvalue weighted by molar-refractivity contribution is 6.68. The van der Waals surface area contributed by atoms with Crippen molar-refractivity contribution in [2.45, 2.75) is 16.3 Å². The lowest BCUT2D eigenvalue weighted by molar-refractivity contribution is 0.0971. The van der Waals surface area contributed by atoms with Crippen LogP contribution in [0.3, 0.4) is 0 Å². The lowest BCUT2D eigenvalue weighted by Crippen LogP contribution is -2.46. The van der Waals surface area contributed by atoms with Crippen molar-refractivity contribution in [3.8, 4) is 0 Å². The molecular formula is C17H13Cl5N2O2. The molecule has 2 N–H and O–H groups in total. The number of carbonyl (C=O) groups is 2. The average molecular weight is 455 g/mol. The van der Waals surface area contributed by atoms with Crippen LogP contribution in [0.1, 0.15) is 16.8 Å². The largest absolute Gasteiger partial charge is 0.330 e. The molecule has 26 heavy (non-hydrogen) atoms. The SMILES string of the molecule is O=C(Nc1ccccc1)N[C@H](CC(=O)c1ccc(Cl)cc1Cl)C(Cl)(Cl)Cl. The third-order valence-electron chi connectivity index (χ3n) is 3.35. The summed E-state index contributed by atoms with van der Waals surface area (Å²) in [4.78, 5) is 24.6. The third kappa shape index (κ3) is 6.22. The number of ketones is 1. The van der Waals surface area contributed by atoms with Gasteiger partial charge in [-0.05, 0) is 30.3 Å². The number of alkyl halides is 3. The summed E-state index contributed by atoms with van der Waals surface area (Å²) in [6.07, 6.45) is -0.264. The van der Waals surface area contributed by atoms with E-state index in [1.54, 1.807) is 24.3 Å². The maximum Gasteiger partial charge on any atom is 0.319 e. The number of anilines is 1. The van der Waals surface area contributed by atoms with Gasteiger partial charge in [-0.15, -0.1) is 0 Å². The molecule has 0 heterocycles. The highest BCUT2D eigenvalue weighted by Gasteiger charge is 2.36. The van der Waals surface area contributed by atoms with Crippen molar-refractivity contribution >= 4 is 75.5 Å². The first kappa shape index (κ1) is 21.1. The predicted molar refractivity (Wildman–Crippen MR) is 108 cm³/mol. The van der Waals surface area contributed by atoms with Crippen molar-refractivity contribution < 1.29 is 9.59 Å². The second-order valence-corrected chi connectivity index (χ2v) is 8.52. The van der Waals surface area contributed by atoms with Crippen LogP contribution >= 0.6 is 58.0 Å². The highest BCUT2D eigenvalue weighted by Crippen LogP contribution is 2.33. The Hall–Kier alpha value is -1.17. The van der Waals surface area contributed by atoms with Crippen LogP contribution in [0.2, 0.25) is 10.0 Å². The van der Waals surface area contributed by atoms with Crippen molar-refractivity contribution in [3.63, 3.8) is 0 Å². The fourth-order valence-corrected chi connectivity index (χ4v) is 3.02. The van der Waals surface area contributed by atoms with E-state index in [0.717, 1.165) is 0 Å². The number of urea groups is 1. The smallest absolute Gasteiger partial charge is 0.319 e. The summed E-state index contributed by atoms with van der Waals surface area (Å²) in [5.41, 5.74) is 0.778. The van der Waals surface area contributed by atoms with Gasteiger partial charge in [0.05, 0.1) is 11.1 Å². The minimum absolute atomic E-state index is 0.180. The van der Waals surface area contributed by atoms with Crippen LogP contribution in [-0.4, -0.2) is 21.6 Å². The molecule has 0 bridgehead atoms. The normalized spacial score (nSPS) is 12.3. The van der Waals surface area contributed by atoms with E-state index >= 15 is 0 Å². The summed E-state index contributed by atoms with van der Waals surface area (Å²) < 4.78 is -1.90. The van der Waals surface area contributed by atoms with Crippen molar-refractivity contribution in [3.05, 3.63) is 64.1 Å². The average Bonchev–Trinajstić information content (AvgIpc) is 2.54. The minimum atomic E-state index is -1.90. The van der Waals surface area contributed by atoms with Gasteiger partial charge in [0, 0.05) is 22.7 Å². The first-order valence-electron chi connectivity index (χ1n) is 7.34. The maximum absolute atomic E-state index is 12.5. The van der Waals surface area contributed by atoms with Crippen LogP contribution < -0.4 is 10.6 Å². The molecule has 0 saturated heterocycles. The topological polar surface area (TPSA) is 58.2 Å². The van der Waals surface area contributed by atoms with Gasteiger partial charge in [0.15, 0.2) is 5.78 Å². The Bertz CT molecular complexity index is 793. The van der Waals surface area contributed by atoms with E-state index in [9.17, 15) is 9.59 Å². The molecule has 0 aromatic heterocycles. The molecule has 2 aromatic rings. The summed E-state index contributed by atoms with van der Waals surface area (Å²) in [6, 6.07) is 11.5. The Balaban J connectivity index is 2.10. The number of benzene rings is 2. The molecule has 0 aliphatic rings. The van der Waals surface area contributed by atoms with E-state index in [0.29, 0.717) is 10.7 Å². The number of hydrogen-bond acceptors (Lipinski definition) is 2. The van der Waals surface area contributed by atoms with E-state index in [2.05, 4.69) is 10.6 Å². The summed E-state index contributed by atoms with van der Waals surface area (Å²) in [5.74, 6) is -0.400. The third-order valence-corrected chi connectivity index (χ3v) is 4.69. The lowest BCUT2D eigenvalue weighted by atomic mass is 10.0. The molecule has 0 aliphatic heterocycles. The maximum atomic E-state index is 12.5.